The van der Waals surface area contributed by atoms with Gasteiger partial charge in [0.2, 0.25) is 11.8 Å². The van der Waals surface area contributed by atoms with Crippen LogP contribution in [0.5, 0.6) is 5.75 Å². The highest BCUT2D eigenvalue weighted by atomic mass is 16.5. The molecule has 2 aromatic rings. The lowest BCUT2D eigenvalue weighted by Gasteiger charge is -2.48. The van der Waals surface area contributed by atoms with Gasteiger partial charge in [0.15, 0.2) is 6.29 Å². The van der Waals surface area contributed by atoms with Gasteiger partial charge in [-0.05, 0) is 43.0 Å². The summed E-state index contributed by atoms with van der Waals surface area (Å²) in [6, 6.07) is 15.2. The van der Waals surface area contributed by atoms with Crippen LogP contribution in [0, 0.1) is 12.8 Å². The summed E-state index contributed by atoms with van der Waals surface area (Å²) in [4.78, 5) is 43.3. The lowest BCUT2D eigenvalue weighted by atomic mass is 9.81. The third-order valence-electron chi connectivity index (χ3n) is 7.37. The van der Waals surface area contributed by atoms with Gasteiger partial charge in [0.25, 0.3) is 0 Å². The van der Waals surface area contributed by atoms with E-state index in [1.807, 2.05) is 55.5 Å². The molecule has 3 unspecified atom stereocenters. The Kier molecular flexibility index (Phi) is 6.82. The van der Waals surface area contributed by atoms with Crippen LogP contribution in [-0.4, -0.2) is 58.6 Å². The summed E-state index contributed by atoms with van der Waals surface area (Å²) < 4.78 is 5.23. The molecule has 2 N–H and O–H groups in total. The van der Waals surface area contributed by atoms with Gasteiger partial charge in [-0.2, -0.15) is 5.43 Å². The molecule has 4 amide bonds. The summed E-state index contributed by atoms with van der Waals surface area (Å²) in [5.41, 5.74) is 6.23. The number of nitrogens with zero attached hydrogens (tertiary/aromatic N) is 3. The first kappa shape index (κ1) is 24.1. The Labute approximate surface area is 211 Å². The molecule has 1 saturated carbocycles. The van der Waals surface area contributed by atoms with Crippen LogP contribution in [-0.2, 0) is 22.7 Å². The molecule has 2 aromatic carbocycles. The SMILES string of the molecule is COc1cccc(CNC(=O)CN2NC3N(Cc4ccc(C)cc4)C(=O)C4CCCCC4N3C2=O)c1. The Balaban J connectivity index is 1.30. The highest BCUT2D eigenvalue weighted by Gasteiger charge is 2.54. The van der Waals surface area contributed by atoms with Gasteiger partial charge < -0.3 is 15.0 Å². The molecule has 0 aromatic heterocycles. The third kappa shape index (κ3) is 4.75. The first-order chi connectivity index (χ1) is 17.4. The summed E-state index contributed by atoms with van der Waals surface area (Å²) in [5, 5.41) is 4.22. The Morgan fingerprint density at radius 2 is 1.86 bits per heavy atom. The van der Waals surface area contributed by atoms with Crippen LogP contribution in [0.25, 0.3) is 0 Å². The number of hydrogen-bond donors (Lipinski definition) is 2. The molecule has 2 heterocycles. The number of fused-ring (bicyclic) bond motifs is 3. The minimum absolute atomic E-state index is 0.0751. The Hall–Kier alpha value is -3.59. The Morgan fingerprint density at radius 3 is 2.64 bits per heavy atom. The number of benzene rings is 2. The maximum absolute atomic E-state index is 13.6. The topological polar surface area (TPSA) is 94.2 Å². The normalized spacial score (nSPS) is 23.4. The monoisotopic (exact) mass is 491 g/mol. The fourth-order valence-corrected chi connectivity index (χ4v) is 5.46. The first-order valence-corrected chi connectivity index (χ1v) is 12.6. The molecule has 0 bridgehead atoms. The number of hydrogen-bond acceptors (Lipinski definition) is 5. The quantitative estimate of drug-likeness (QED) is 0.621. The van der Waals surface area contributed by atoms with Gasteiger partial charge in [-0.15, -0.1) is 0 Å². The van der Waals surface area contributed by atoms with E-state index in [0.717, 1.165) is 48.1 Å². The van der Waals surface area contributed by atoms with Gasteiger partial charge in [-0.1, -0.05) is 54.8 Å². The van der Waals surface area contributed by atoms with Gasteiger partial charge in [0.1, 0.15) is 12.3 Å². The van der Waals surface area contributed by atoms with E-state index < -0.39 is 6.29 Å². The second kappa shape index (κ2) is 10.2. The van der Waals surface area contributed by atoms with Crippen molar-refractivity contribution in [3.05, 3.63) is 65.2 Å². The van der Waals surface area contributed by atoms with Crippen LogP contribution >= 0.6 is 0 Å². The van der Waals surface area contributed by atoms with Crippen molar-refractivity contribution in [2.75, 3.05) is 13.7 Å². The Bertz CT molecular complexity index is 1140. The van der Waals surface area contributed by atoms with Gasteiger partial charge >= 0.3 is 6.03 Å². The molecular weight excluding hydrogens is 458 g/mol. The molecule has 2 aliphatic heterocycles. The average Bonchev–Trinajstić information content (AvgIpc) is 3.22. The van der Waals surface area contributed by atoms with E-state index in [9.17, 15) is 14.4 Å². The molecule has 9 heteroatoms. The summed E-state index contributed by atoms with van der Waals surface area (Å²) in [5.74, 6) is 0.310. The van der Waals surface area contributed by atoms with Crippen molar-refractivity contribution in [1.29, 1.82) is 0 Å². The second-order valence-corrected chi connectivity index (χ2v) is 9.82. The van der Waals surface area contributed by atoms with Crippen molar-refractivity contribution in [3.63, 3.8) is 0 Å². The molecule has 36 heavy (non-hydrogen) atoms. The molecule has 3 fully saturated rings. The van der Waals surface area contributed by atoms with E-state index in [1.165, 1.54) is 5.01 Å². The number of urea groups is 1. The van der Waals surface area contributed by atoms with E-state index in [0.29, 0.717) is 13.1 Å². The molecular formula is C27H33N5O4. The number of amides is 4. The van der Waals surface area contributed by atoms with Crippen molar-refractivity contribution in [2.45, 2.75) is 58.0 Å². The molecule has 3 aliphatic rings. The fourth-order valence-electron chi connectivity index (χ4n) is 5.46. The predicted molar refractivity (Wildman–Crippen MR) is 133 cm³/mol. The summed E-state index contributed by atoms with van der Waals surface area (Å²) in [7, 11) is 1.60. The van der Waals surface area contributed by atoms with E-state index in [4.69, 9.17) is 4.74 Å². The van der Waals surface area contributed by atoms with Crippen LogP contribution in [0.15, 0.2) is 48.5 Å². The van der Waals surface area contributed by atoms with Crippen molar-refractivity contribution in [3.8, 4) is 5.75 Å². The van der Waals surface area contributed by atoms with Crippen molar-refractivity contribution in [1.82, 2.24) is 25.6 Å². The summed E-state index contributed by atoms with van der Waals surface area (Å²) in [6.07, 6.45) is 2.96. The summed E-state index contributed by atoms with van der Waals surface area (Å²) >= 11 is 0. The average molecular weight is 492 g/mol. The standard InChI is InChI=1S/C27H33N5O4/c1-18-10-12-19(13-11-18)16-30-25(34)22-8-3-4-9-23(22)32-26(30)29-31(27(32)35)17-24(33)28-15-20-6-5-7-21(14-20)36-2/h5-7,10-14,22-23,26,29H,3-4,8-9,15-17H2,1-2H3,(H,28,33). The van der Waals surface area contributed by atoms with Gasteiger partial charge in [-0.25, -0.2) is 9.80 Å². The zero-order valence-electron chi connectivity index (χ0n) is 20.8. The zero-order chi connectivity index (χ0) is 25.2. The lowest BCUT2D eigenvalue weighted by molar-refractivity contribution is -0.157. The lowest BCUT2D eigenvalue weighted by Crippen LogP contribution is -2.65. The minimum Gasteiger partial charge on any atom is -0.497 e. The van der Waals surface area contributed by atoms with Gasteiger partial charge in [0.05, 0.1) is 13.0 Å². The second-order valence-electron chi connectivity index (χ2n) is 9.82. The number of carbonyl (C=O) groups excluding carboxylic acids is 3. The Morgan fingerprint density at radius 1 is 1.08 bits per heavy atom. The largest absolute Gasteiger partial charge is 0.497 e. The zero-order valence-corrected chi connectivity index (χ0v) is 20.8. The van der Waals surface area contributed by atoms with Gasteiger partial charge in [-0.3, -0.25) is 14.5 Å². The number of hydrazine groups is 1. The molecule has 1 aliphatic carbocycles. The van der Waals surface area contributed by atoms with E-state index in [2.05, 4.69) is 10.7 Å². The molecule has 0 spiro atoms. The highest BCUT2D eigenvalue weighted by Crippen LogP contribution is 2.38. The number of nitrogens with one attached hydrogen (secondary N) is 2. The smallest absolute Gasteiger partial charge is 0.337 e. The van der Waals surface area contributed by atoms with Crippen LogP contribution < -0.4 is 15.5 Å². The number of rotatable bonds is 7. The maximum atomic E-state index is 13.6. The highest BCUT2D eigenvalue weighted by molar-refractivity contribution is 5.88. The van der Waals surface area contributed by atoms with Crippen LogP contribution in [0.2, 0.25) is 0 Å². The molecule has 3 atom stereocenters. The first-order valence-electron chi connectivity index (χ1n) is 12.6. The molecule has 5 rings (SSSR count). The summed E-state index contributed by atoms with van der Waals surface area (Å²) in [6.45, 7) is 2.62. The molecule has 2 saturated heterocycles. The fraction of sp³-hybridized carbons (Fsp3) is 0.444. The third-order valence-corrected chi connectivity index (χ3v) is 7.37. The number of methoxy groups -OCH3 is 1. The molecule has 9 nitrogen and oxygen atoms in total. The number of ether oxygens (including phenoxy) is 1. The van der Waals surface area contributed by atoms with Crippen LogP contribution in [0.1, 0.15) is 42.4 Å². The van der Waals surface area contributed by atoms with Gasteiger partial charge in [0, 0.05) is 19.1 Å². The predicted octanol–water partition coefficient (Wildman–Crippen LogP) is 2.75. The van der Waals surface area contributed by atoms with E-state index in [-0.39, 0.29) is 36.3 Å². The minimum atomic E-state index is -0.600. The number of aryl methyl sites for hydroxylation is 1. The van der Waals surface area contributed by atoms with E-state index in [1.54, 1.807) is 16.9 Å². The maximum Gasteiger partial charge on any atom is 0.337 e. The van der Waals surface area contributed by atoms with Crippen LogP contribution in [0.4, 0.5) is 4.79 Å². The van der Waals surface area contributed by atoms with Crippen molar-refractivity contribution < 1.29 is 19.1 Å². The number of carbonyl (C=O) groups is 3. The molecule has 0 radical (unpaired) electrons. The van der Waals surface area contributed by atoms with Crippen molar-refractivity contribution >= 4 is 17.8 Å². The molecule has 190 valence electrons. The van der Waals surface area contributed by atoms with E-state index >= 15 is 0 Å². The van der Waals surface area contributed by atoms with Crippen LogP contribution in [0.3, 0.4) is 0 Å². The van der Waals surface area contributed by atoms with Crippen molar-refractivity contribution in [2.24, 2.45) is 5.92 Å².